The zero-order valence-corrected chi connectivity index (χ0v) is 15.7. The Morgan fingerprint density at radius 2 is 2.08 bits per heavy atom. The molecule has 1 aliphatic rings. The average Bonchev–Trinajstić information content (AvgIpc) is 2.83. The Balaban J connectivity index is 1.99. The van der Waals surface area contributed by atoms with E-state index in [1.54, 1.807) is 11.0 Å². The van der Waals surface area contributed by atoms with Crippen LogP contribution >= 0.6 is 24.0 Å². The van der Waals surface area contributed by atoms with Crippen LogP contribution in [0.1, 0.15) is 38.2 Å². The number of amides is 1. The van der Waals surface area contributed by atoms with E-state index in [9.17, 15) is 14.7 Å². The van der Waals surface area contributed by atoms with Gasteiger partial charge in [-0.2, -0.15) is 0 Å². The average molecular weight is 378 g/mol. The van der Waals surface area contributed by atoms with E-state index in [0.29, 0.717) is 35.2 Å². The summed E-state index contributed by atoms with van der Waals surface area (Å²) in [5.74, 6) is -0.416. The number of thiocarbonyl (C=S) groups is 1. The number of aliphatic carboxylic acids is 1. The molecule has 1 aromatic rings. The second kappa shape index (κ2) is 9.58. The molecular weight excluding hydrogens is 358 g/mol. The molecule has 7 heteroatoms. The molecule has 0 spiro atoms. The van der Waals surface area contributed by atoms with Gasteiger partial charge in [0.05, 0.1) is 11.5 Å². The summed E-state index contributed by atoms with van der Waals surface area (Å²) >= 11 is 6.59. The molecule has 0 radical (unpaired) electrons. The van der Waals surface area contributed by atoms with Crippen LogP contribution in [0, 0.1) is 0 Å². The maximum Gasteiger partial charge on any atom is 0.266 e. The molecule has 1 heterocycles. The number of carboxylic acids is 1. The highest BCUT2D eigenvalue weighted by molar-refractivity contribution is 8.26. The summed E-state index contributed by atoms with van der Waals surface area (Å²) in [7, 11) is 0. The Kier molecular flexibility index (Phi) is 7.46. The van der Waals surface area contributed by atoms with E-state index in [1.807, 2.05) is 31.2 Å². The topological polar surface area (TPSA) is 69.7 Å². The second-order valence-electron chi connectivity index (χ2n) is 5.49. The van der Waals surface area contributed by atoms with E-state index in [1.165, 1.54) is 11.8 Å². The third kappa shape index (κ3) is 5.57. The number of unbranched alkanes of at least 4 members (excludes halogenated alkanes) is 2. The lowest BCUT2D eigenvalue weighted by molar-refractivity contribution is -0.305. The molecule has 0 atom stereocenters. The van der Waals surface area contributed by atoms with Crippen LogP contribution in [0.4, 0.5) is 0 Å². The number of carbonyl (C=O) groups excluding carboxylic acids is 2. The van der Waals surface area contributed by atoms with Gasteiger partial charge >= 0.3 is 0 Å². The molecule has 1 aliphatic heterocycles. The number of nitrogens with zero attached hydrogens (tertiary/aromatic N) is 1. The third-order valence-electron chi connectivity index (χ3n) is 3.64. The van der Waals surface area contributed by atoms with Crippen molar-refractivity contribution in [3.8, 4) is 5.75 Å². The maximum absolute atomic E-state index is 12.6. The van der Waals surface area contributed by atoms with Crippen LogP contribution in [0.3, 0.4) is 0 Å². The summed E-state index contributed by atoms with van der Waals surface area (Å²) in [5, 5.41) is 10.4. The predicted octanol–water partition coefficient (Wildman–Crippen LogP) is 2.60. The zero-order valence-electron chi connectivity index (χ0n) is 14.0. The van der Waals surface area contributed by atoms with Gasteiger partial charge in [-0.3, -0.25) is 9.69 Å². The van der Waals surface area contributed by atoms with E-state index < -0.39 is 5.97 Å². The quantitative estimate of drug-likeness (QED) is 0.374. The van der Waals surface area contributed by atoms with Crippen LogP contribution in [0.15, 0.2) is 29.2 Å². The van der Waals surface area contributed by atoms with Crippen LogP contribution in [0.2, 0.25) is 0 Å². The van der Waals surface area contributed by atoms with Crippen molar-refractivity contribution in [2.24, 2.45) is 0 Å². The molecule has 5 nitrogen and oxygen atoms in total. The SMILES string of the molecule is CCOc1ccccc1/C=C1\SC(=S)N(CCCCCC(=O)[O-])C1=O. The summed E-state index contributed by atoms with van der Waals surface area (Å²) in [4.78, 5) is 25.1. The van der Waals surface area contributed by atoms with E-state index >= 15 is 0 Å². The van der Waals surface area contributed by atoms with Crippen molar-refractivity contribution in [3.05, 3.63) is 34.7 Å². The molecule has 25 heavy (non-hydrogen) atoms. The monoisotopic (exact) mass is 378 g/mol. The minimum Gasteiger partial charge on any atom is -0.550 e. The lowest BCUT2D eigenvalue weighted by Gasteiger charge is -2.14. The van der Waals surface area contributed by atoms with Crippen molar-refractivity contribution in [2.45, 2.75) is 32.6 Å². The molecule has 0 saturated carbocycles. The smallest absolute Gasteiger partial charge is 0.266 e. The van der Waals surface area contributed by atoms with E-state index in [-0.39, 0.29) is 12.3 Å². The fourth-order valence-electron chi connectivity index (χ4n) is 2.44. The van der Waals surface area contributed by atoms with Crippen LogP contribution in [-0.2, 0) is 9.59 Å². The Bertz CT molecular complexity index is 687. The van der Waals surface area contributed by atoms with Crippen LogP contribution in [-0.4, -0.2) is 34.2 Å². The minimum atomic E-state index is -1.04. The van der Waals surface area contributed by atoms with E-state index in [4.69, 9.17) is 17.0 Å². The first-order valence-electron chi connectivity index (χ1n) is 8.20. The van der Waals surface area contributed by atoms with Crippen molar-refractivity contribution in [1.82, 2.24) is 4.90 Å². The van der Waals surface area contributed by atoms with Gasteiger partial charge in [-0.1, -0.05) is 48.6 Å². The number of hydrogen-bond donors (Lipinski definition) is 0. The standard InChI is InChI=1S/C18H21NO4S2/c1-2-23-14-9-6-5-8-13(14)12-15-17(22)19(18(24)25-15)11-7-3-4-10-16(20)21/h5-6,8-9,12H,2-4,7,10-11H2,1H3,(H,20,21)/p-1/b15-12-. The normalized spacial score (nSPS) is 15.9. The van der Waals surface area contributed by atoms with Gasteiger partial charge in [-0.05, 0) is 38.3 Å². The van der Waals surface area contributed by atoms with Crippen molar-refractivity contribution >= 4 is 46.3 Å². The summed E-state index contributed by atoms with van der Waals surface area (Å²) in [6.45, 7) is 2.97. The van der Waals surface area contributed by atoms with Crippen molar-refractivity contribution in [3.63, 3.8) is 0 Å². The number of ether oxygens (including phenoxy) is 1. The highest BCUT2D eigenvalue weighted by Crippen LogP contribution is 2.34. The number of thioether (sulfide) groups is 1. The summed E-state index contributed by atoms with van der Waals surface area (Å²) in [5.41, 5.74) is 0.846. The van der Waals surface area contributed by atoms with Gasteiger partial charge in [-0.15, -0.1) is 0 Å². The highest BCUT2D eigenvalue weighted by atomic mass is 32.2. The van der Waals surface area contributed by atoms with Crippen molar-refractivity contribution < 1.29 is 19.4 Å². The molecule has 1 fully saturated rings. The van der Waals surface area contributed by atoms with Gasteiger partial charge in [0.1, 0.15) is 10.1 Å². The van der Waals surface area contributed by atoms with Crippen molar-refractivity contribution in [1.29, 1.82) is 0 Å². The Morgan fingerprint density at radius 3 is 2.80 bits per heavy atom. The lowest BCUT2D eigenvalue weighted by Crippen LogP contribution is -2.29. The summed E-state index contributed by atoms with van der Waals surface area (Å²) in [6, 6.07) is 7.55. The Morgan fingerprint density at radius 1 is 1.32 bits per heavy atom. The van der Waals surface area contributed by atoms with E-state index in [0.717, 1.165) is 17.7 Å². The highest BCUT2D eigenvalue weighted by Gasteiger charge is 2.31. The zero-order chi connectivity index (χ0) is 18.2. The number of carboxylic acid groups (broad SMARTS) is 1. The molecule has 1 aromatic carbocycles. The van der Waals surface area contributed by atoms with Gasteiger partial charge in [0, 0.05) is 18.1 Å². The second-order valence-corrected chi connectivity index (χ2v) is 7.16. The third-order valence-corrected chi connectivity index (χ3v) is 5.02. The minimum absolute atomic E-state index is 0.0481. The summed E-state index contributed by atoms with van der Waals surface area (Å²) in [6.07, 6.45) is 3.83. The number of para-hydroxylation sites is 1. The first-order valence-corrected chi connectivity index (χ1v) is 9.42. The fraction of sp³-hybridized carbons (Fsp3) is 0.389. The van der Waals surface area contributed by atoms with Gasteiger partial charge in [-0.25, -0.2) is 0 Å². The van der Waals surface area contributed by atoms with Crippen molar-refractivity contribution in [2.75, 3.05) is 13.2 Å². The molecule has 0 aliphatic carbocycles. The fourth-order valence-corrected chi connectivity index (χ4v) is 3.74. The molecule has 1 saturated heterocycles. The molecule has 0 bridgehead atoms. The number of carbonyl (C=O) groups is 2. The van der Waals surface area contributed by atoms with Gasteiger partial charge in [0.25, 0.3) is 5.91 Å². The predicted molar refractivity (Wildman–Crippen MR) is 101 cm³/mol. The maximum atomic E-state index is 12.6. The summed E-state index contributed by atoms with van der Waals surface area (Å²) < 4.78 is 6.12. The van der Waals surface area contributed by atoms with Crippen LogP contribution < -0.4 is 9.84 Å². The van der Waals surface area contributed by atoms with E-state index in [2.05, 4.69) is 0 Å². The first-order chi connectivity index (χ1) is 12.0. The van der Waals surface area contributed by atoms with Crippen LogP contribution in [0.25, 0.3) is 6.08 Å². The molecule has 134 valence electrons. The molecular formula is C18H20NO4S2-. The molecule has 0 aromatic heterocycles. The van der Waals surface area contributed by atoms with Gasteiger partial charge in [0.15, 0.2) is 0 Å². The number of hydrogen-bond acceptors (Lipinski definition) is 6. The lowest BCUT2D eigenvalue weighted by atomic mass is 10.1. The Hall–Kier alpha value is -1.86. The Labute approximate surface area is 157 Å². The molecule has 0 N–H and O–H groups in total. The number of rotatable bonds is 9. The molecule has 2 rings (SSSR count). The molecule has 0 unspecified atom stereocenters. The van der Waals surface area contributed by atoms with Gasteiger partial charge < -0.3 is 14.6 Å². The number of benzene rings is 1. The largest absolute Gasteiger partial charge is 0.550 e. The molecule has 1 amide bonds. The van der Waals surface area contributed by atoms with Gasteiger partial charge in [0.2, 0.25) is 0 Å². The van der Waals surface area contributed by atoms with Crippen LogP contribution in [0.5, 0.6) is 5.75 Å². The first kappa shape index (κ1) is 19.5.